The first-order valence-corrected chi connectivity index (χ1v) is 45.6. The SMILES string of the molecule is CC1(C)OB(c2ccc3c(c2)CCCO3)OC1(C)C.CCOC(=O)C(=O)Cl.CCOC(=O)C(=O)c1c(C)sc(C)c1-c1ccc2c(c1)CCCO2.CCOC(=O)C(=O)c1c(C)sc(C)c1Br.CCOC(=O)C(O)c1c(C)sc(C)c1-c1ccc2c(c1)CCCO2.Cc1cc(Br)c(C)s1.Cc1ccc(C)s1.Cc1sc(C)c(Br)c1Br. The highest BCUT2D eigenvalue weighted by atomic mass is 79.9. The summed E-state index contributed by atoms with van der Waals surface area (Å²) in [6.07, 6.45) is 4.86. The van der Waals surface area contributed by atoms with Crippen LogP contribution < -0.4 is 19.7 Å². The molecule has 17 nitrogen and oxygen atoms in total. The molecule has 29 heteroatoms. The lowest BCUT2D eigenvalue weighted by atomic mass is 9.78. The molecule has 9 aromatic rings. The van der Waals surface area contributed by atoms with Gasteiger partial charge in [-0.2, -0.15) is 0 Å². The first kappa shape index (κ1) is 97.1. The minimum atomic E-state index is -1.25. The van der Waals surface area contributed by atoms with E-state index in [1.165, 1.54) is 76.5 Å². The van der Waals surface area contributed by atoms with Gasteiger partial charge in [0.1, 0.15) is 17.2 Å². The zero-order valence-corrected chi connectivity index (χ0v) is 80.1. The van der Waals surface area contributed by atoms with Crippen molar-refractivity contribution in [3.63, 3.8) is 0 Å². The molecule has 1 saturated heterocycles. The van der Waals surface area contributed by atoms with Crippen LogP contribution in [0.3, 0.4) is 0 Å². The summed E-state index contributed by atoms with van der Waals surface area (Å²) in [6, 6.07) is 24.7. The van der Waals surface area contributed by atoms with Gasteiger partial charge in [0.15, 0.2) is 6.10 Å². The molecule has 6 aromatic heterocycles. The number of aliphatic hydroxyl groups excluding tert-OH is 1. The number of esters is 4. The number of aliphatic hydroxyl groups is 1. The van der Waals surface area contributed by atoms with E-state index in [9.17, 15) is 38.7 Å². The first-order valence-electron chi connectivity index (χ1n) is 37.1. The van der Waals surface area contributed by atoms with Crippen LogP contribution >= 0.6 is 143 Å². The Morgan fingerprint density at radius 2 is 0.842 bits per heavy atom. The van der Waals surface area contributed by atoms with Crippen LogP contribution in [0.25, 0.3) is 22.3 Å². The molecule has 1 fully saturated rings. The number of thiophene rings is 6. The van der Waals surface area contributed by atoms with E-state index in [-0.39, 0.29) is 44.7 Å². The summed E-state index contributed by atoms with van der Waals surface area (Å²) in [6.45, 7) is 42.4. The number of hydrogen-bond donors (Lipinski definition) is 1. The van der Waals surface area contributed by atoms with Gasteiger partial charge in [-0.15, -0.1) is 68.0 Å². The van der Waals surface area contributed by atoms with Gasteiger partial charge in [-0.1, -0.05) is 24.3 Å². The predicted octanol–water partition coefficient (Wildman–Crippen LogP) is 22.9. The lowest BCUT2D eigenvalue weighted by Gasteiger charge is -2.32. The van der Waals surface area contributed by atoms with E-state index in [2.05, 4.69) is 179 Å². The molecule has 0 bridgehead atoms. The van der Waals surface area contributed by atoms with Gasteiger partial charge in [0.05, 0.1) is 68.6 Å². The van der Waals surface area contributed by atoms with Crippen molar-refractivity contribution in [2.24, 2.45) is 0 Å². The Bertz CT molecular complexity index is 4780. The Kier molecular flexibility index (Phi) is 38.7. The molecule has 0 saturated carbocycles. The monoisotopic (exact) mass is 1950 g/mol. The lowest BCUT2D eigenvalue weighted by Crippen LogP contribution is -2.41. The van der Waals surface area contributed by atoms with Crippen molar-refractivity contribution in [2.45, 2.75) is 194 Å². The van der Waals surface area contributed by atoms with Crippen LogP contribution in [0.4, 0.5) is 0 Å². The van der Waals surface area contributed by atoms with E-state index in [0.29, 0.717) is 21.2 Å². The minimum absolute atomic E-state index is 0.178. The Hall–Kier alpha value is -5.70. The molecule has 3 aromatic carbocycles. The normalized spacial score (nSPS) is 13.8. The smallest absolute Gasteiger partial charge is 0.493 e. The van der Waals surface area contributed by atoms with Crippen LogP contribution in [-0.2, 0) is 71.5 Å². The van der Waals surface area contributed by atoms with E-state index in [1.807, 2.05) is 101 Å². The number of hydrogen-bond acceptors (Lipinski definition) is 23. The van der Waals surface area contributed by atoms with Crippen molar-refractivity contribution in [1.29, 1.82) is 0 Å². The summed E-state index contributed by atoms with van der Waals surface area (Å²) in [5.74, 6) is -1.47. The molecule has 114 heavy (non-hydrogen) atoms. The topological polar surface area (TPSA) is 223 Å². The Balaban J connectivity index is 0.000000211. The summed E-state index contributed by atoms with van der Waals surface area (Å²) in [5.41, 5.74) is 9.39. The maximum atomic E-state index is 12.6. The fraction of sp³-hybridized carbons (Fsp3) is 0.424. The number of Topliss-reactive ketones (excluding diaryl/α,β-unsaturated/α-hetero) is 2. The van der Waals surface area contributed by atoms with Gasteiger partial charge in [0.2, 0.25) is 0 Å². The fourth-order valence-corrected chi connectivity index (χ4v) is 20.6. The van der Waals surface area contributed by atoms with Gasteiger partial charge in [0, 0.05) is 93.1 Å². The second-order valence-electron chi connectivity index (χ2n) is 27.3. The zero-order valence-electron chi connectivity index (χ0n) is 68.1. The van der Waals surface area contributed by atoms with Crippen molar-refractivity contribution in [1.82, 2.24) is 0 Å². The highest BCUT2D eigenvalue weighted by molar-refractivity contribution is 9.13. The zero-order chi connectivity index (χ0) is 84.8. The summed E-state index contributed by atoms with van der Waals surface area (Å²) in [5, 5.41) is 9.43. The number of carbonyl (C=O) groups is 7. The number of benzene rings is 3. The largest absolute Gasteiger partial charge is 0.494 e. The first-order chi connectivity index (χ1) is 53.7. The molecule has 616 valence electrons. The number of ether oxygens (including phenoxy) is 7. The summed E-state index contributed by atoms with van der Waals surface area (Å²) < 4.78 is 52.2. The predicted molar refractivity (Wildman–Crippen MR) is 479 cm³/mol. The third kappa shape index (κ3) is 26.7. The molecule has 13 rings (SSSR count). The Morgan fingerprint density at radius 1 is 0.447 bits per heavy atom. The van der Waals surface area contributed by atoms with Crippen LogP contribution in [0.2, 0.25) is 0 Å². The molecule has 1 atom stereocenters. The number of ketones is 2. The van der Waals surface area contributed by atoms with Crippen molar-refractivity contribution >= 4 is 197 Å². The highest BCUT2D eigenvalue weighted by Gasteiger charge is 2.52. The third-order valence-corrected chi connectivity index (χ3v) is 29.7. The molecule has 4 aliphatic heterocycles. The average Bonchev–Trinajstić information content (AvgIpc) is 1.64. The standard InChI is InChI=1S/C19H22O4S.C19H20O4S.C15H21BO3.C10H11BrO3S.C6H6Br2S.C6H7BrS.C6H8S.C4H5ClO3/c2*1-4-22-19(21)18(20)17-12(3)24-11(2)16(17)14-7-8-15-13(10-14)6-5-9-23-15;1-14(2)15(3,4)19-16(18-14)12-7-8-13-11(10-12)6-5-9-17-13;1-4-14-10(13)9(12)7-5(2)15-6(3)8(7)11;1-3-5(7)6(8)4(2)9-3;1-4-3-6(7)5(2)8-4;1-5-3-4-6(2)7-5;1-2-8-4(7)3(5)6/h7-8,10,18,20H,4-6,9H2,1-3H3;7-8,10H,4-6,9H2,1-3H3;7-8,10H,5-6,9H2,1-4H3;4H2,1-3H3;1-2H3;3H,1-2H3;3-4H,1-2H3;2H2,1H3. The van der Waals surface area contributed by atoms with Crippen molar-refractivity contribution in [2.75, 3.05) is 46.2 Å². The Labute approximate surface area is 733 Å². The van der Waals surface area contributed by atoms with E-state index >= 15 is 0 Å². The number of fused-ring (bicyclic) bond motifs is 3. The van der Waals surface area contributed by atoms with E-state index < -0.39 is 46.8 Å². The molecule has 0 aliphatic carbocycles. The van der Waals surface area contributed by atoms with Gasteiger partial charge >= 0.3 is 36.2 Å². The molecule has 0 amide bonds. The van der Waals surface area contributed by atoms with Gasteiger partial charge < -0.3 is 47.6 Å². The van der Waals surface area contributed by atoms with Crippen LogP contribution in [0.15, 0.2) is 90.7 Å². The number of rotatable bonds is 14. The van der Waals surface area contributed by atoms with Crippen molar-refractivity contribution < 1.29 is 81.1 Å². The van der Waals surface area contributed by atoms with E-state index in [0.717, 1.165) is 138 Å². The van der Waals surface area contributed by atoms with Crippen molar-refractivity contribution in [3.05, 3.63) is 183 Å². The maximum absolute atomic E-state index is 12.6. The Morgan fingerprint density at radius 3 is 1.22 bits per heavy atom. The van der Waals surface area contributed by atoms with Gasteiger partial charge in [-0.25, -0.2) is 19.2 Å². The van der Waals surface area contributed by atoms with E-state index in [4.69, 9.17) is 44.6 Å². The second-order valence-corrected chi connectivity index (χ2v) is 39.6. The van der Waals surface area contributed by atoms with Crippen LogP contribution in [0.1, 0.15) is 182 Å². The molecule has 1 unspecified atom stereocenters. The number of carbonyl (C=O) groups excluding carboxylic acids is 7. The third-order valence-electron chi connectivity index (χ3n) is 18.2. The molecule has 10 heterocycles. The van der Waals surface area contributed by atoms with Crippen LogP contribution in [0, 0.1) is 83.1 Å². The van der Waals surface area contributed by atoms with E-state index in [1.54, 1.807) is 50.4 Å². The maximum Gasteiger partial charge on any atom is 0.494 e. The molecular weight excluding hydrogens is 1850 g/mol. The van der Waals surface area contributed by atoms with Gasteiger partial charge in [0.25, 0.3) is 11.6 Å². The minimum Gasteiger partial charge on any atom is -0.493 e. The van der Waals surface area contributed by atoms with Gasteiger partial charge in [-0.3, -0.25) is 14.4 Å². The molecule has 0 radical (unpaired) electrons. The molecule has 1 N–H and O–H groups in total. The number of aryl methyl sites for hydroxylation is 15. The summed E-state index contributed by atoms with van der Waals surface area (Å²) in [7, 11) is -0.280. The quantitative estimate of drug-likeness (QED) is 0.0267. The van der Waals surface area contributed by atoms with Gasteiger partial charge in [-0.05, 0) is 334 Å². The molecular formula is C85H100BBr4ClO17S6. The lowest BCUT2D eigenvalue weighted by molar-refractivity contribution is -0.153. The fourth-order valence-electron chi connectivity index (χ4n) is 12.1. The molecule has 0 spiro atoms. The summed E-state index contributed by atoms with van der Waals surface area (Å²) in [4.78, 5) is 93.3. The summed E-state index contributed by atoms with van der Waals surface area (Å²) >= 11 is 28.4. The van der Waals surface area contributed by atoms with Crippen LogP contribution in [-0.4, -0.2) is 110 Å². The average molecular weight is 1950 g/mol. The highest BCUT2D eigenvalue weighted by Crippen LogP contribution is 2.44. The number of halogens is 5. The van der Waals surface area contributed by atoms with Crippen LogP contribution in [0.5, 0.6) is 17.2 Å². The second kappa shape index (κ2) is 45.5. The van der Waals surface area contributed by atoms with Crippen molar-refractivity contribution in [3.8, 4) is 39.5 Å². The molecule has 4 aliphatic rings.